The summed E-state index contributed by atoms with van der Waals surface area (Å²) in [6, 6.07) is 6.87. The van der Waals surface area contributed by atoms with E-state index in [0.717, 1.165) is 31.7 Å². The fraction of sp³-hybridized carbons (Fsp3) is 0.438. The lowest BCUT2D eigenvalue weighted by atomic mass is 10.1. The van der Waals surface area contributed by atoms with Gasteiger partial charge in [-0.05, 0) is 43.0 Å². The number of nitrogens with zero attached hydrogens (tertiary/aromatic N) is 5. The maximum atomic E-state index is 4.39. The van der Waals surface area contributed by atoms with Gasteiger partial charge in [-0.15, -0.1) is 5.10 Å². The molecule has 0 unspecified atom stereocenters. The zero-order valence-electron chi connectivity index (χ0n) is 12.2. The van der Waals surface area contributed by atoms with E-state index in [1.165, 1.54) is 23.4 Å². The molecule has 1 aliphatic heterocycles. The van der Waals surface area contributed by atoms with Crippen molar-refractivity contribution in [2.45, 2.75) is 25.3 Å². The summed E-state index contributed by atoms with van der Waals surface area (Å²) in [6.45, 7) is 2.01. The molecule has 0 aromatic carbocycles. The number of aryl methyl sites for hydroxylation is 2. The predicted molar refractivity (Wildman–Crippen MR) is 82.7 cm³/mol. The Morgan fingerprint density at radius 1 is 1.14 bits per heavy atom. The van der Waals surface area contributed by atoms with E-state index < -0.39 is 0 Å². The van der Waals surface area contributed by atoms with E-state index in [2.05, 4.69) is 50.2 Å². The quantitative estimate of drug-likeness (QED) is 0.856. The summed E-state index contributed by atoms with van der Waals surface area (Å²) in [5.74, 6) is 1.04. The topological polar surface area (TPSA) is 45.2 Å². The molecule has 1 aliphatic carbocycles. The molecule has 21 heavy (non-hydrogen) atoms. The molecule has 0 bridgehead atoms. The molecule has 0 spiro atoms. The first-order chi connectivity index (χ1) is 10.3. The summed E-state index contributed by atoms with van der Waals surface area (Å²) in [5, 5.41) is 8.76. The lowest BCUT2D eigenvalue weighted by Crippen LogP contribution is -2.59. The minimum absolute atomic E-state index is 0.530. The van der Waals surface area contributed by atoms with Crippen LogP contribution in [0.1, 0.15) is 17.7 Å². The van der Waals surface area contributed by atoms with Crippen molar-refractivity contribution in [2.75, 3.05) is 29.9 Å². The molecule has 108 valence electrons. The van der Waals surface area contributed by atoms with Crippen molar-refractivity contribution in [1.29, 1.82) is 0 Å². The van der Waals surface area contributed by atoms with Gasteiger partial charge in [0.25, 0.3) is 0 Å². The molecule has 5 nitrogen and oxygen atoms in total. The second-order valence-corrected chi connectivity index (χ2v) is 5.90. The van der Waals surface area contributed by atoms with Crippen LogP contribution in [-0.2, 0) is 12.8 Å². The molecule has 0 N–H and O–H groups in total. The van der Waals surface area contributed by atoms with Gasteiger partial charge >= 0.3 is 0 Å². The van der Waals surface area contributed by atoms with Gasteiger partial charge in [0.2, 0.25) is 0 Å². The number of fused-ring (bicyclic) bond motifs is 1. The van der Waals surface area contributed by atoms with E-state index in [-0.39, 0.29) is 0 Å². The molecule has 2 aromatic rings. The molecule has 0 atom stereocenters. The number of pyridine rings is 1. The average molecular weight is 281 g/mol. The van der Waals surface area contributed by atoms with Crippen LogP contribution in [0.15, 0.2) is 30.6 Å². The summed E-state index contributed by atoms with van der Waals surface area (Å²) in [6.07, 6.45) is 7.16. The molecule has 2 aliphatic rings. The smallest absolute Gasteiger partial charge is 0.151 e. The molecule has 4 rings (SSSR count). The molecule has 1 saturated heterocycles. The summed E-state index contributed by atoms with van der Waals surface area (Å²) in [7, 11) is 2.14. The number of anilines is 2. The molecule has 0 radical (unpaired) electrons. The largest absolute Gasteiger partial charge is 0.368 e. The van der Waals surface area contributed by atoms with E-state index in [1.807, 2.05) is 12.4 Å². The number of rotatable bonds is 3. The number of hydrogen-bond donors (Lipinski definition) is 0. The van der Waals surface area contributed by atoms with Crippen molar-refractivity contribution < 1.29 is 0 Å². The molecule has 5 heteroatoms. The Bertz CT molecular complexity index is 636. The van der Waals surface area contributed by atoms with Gasteiger partial charge in [-0.1, -0.05) is 0 Å². The zero-order valence-corrected chi connectivity index (χ0v) is 12.2. The van der Waals surface area contributed by atoms with Crippen molar-refractivity contribution in [2.24, 2.45) is 0 Å². The van der Waals surface area contributed by atoms with E-state index in [9.17, 15) is 0 Å². The van der Waals surface area contributed by atoms with E-state index in [0.29, 0.717) is 6.04 Å². The van der Waals surface area contributed by atoms with Gasteiger partial charge in [0, 0.05) is 38.2 Å². The molecular formula is C16H19N5. The first kappa shape index (κ1) is 12.6. The van der Waals surface area contributed by atoms with Crippen LogP contribution in [-0.4, -0.2) is 41.4 Å². The molecule has 2 aromatic heterocycles. The number of likely N-dealkylation sites (N-methyl/N-ethyl adjacent to an activating group) is 1. The van der Waals surface area contributed by atoms with Gasteiger partial charge in [-0.25, -0.2) is 0 Å². The third-order valence-corrected chi connectivity index (χ3v) is 4.61. The van der Waals surface area contributed by atoms with E-state index >= 15 is 0 Å². The molecule has 0 saturated carbocycles. The first-order valence-corrected chi connectivity index (χ1v) is 7.54. The number of aromatic nitrogens is 3. The fourth-order valence-electron chi connectivity index (χ4n) is 3.15. The lowest BCUT2D eigenvalue weighted by Gasteiger charge is -2.45. The third kappa shape index (κ3) is 2.22. The van der Waals surface area contributed by atoms with E-state index in [4.69, 9.17) is 0 Å². The number of hydrogen-bond acceptors (Lipinski definition) is 5. The summed E-state index contributed by atoms with van der Waals surface area (Å²) < 4.78 is 0. The average Bonchev–Trinajstić information content (AvgIpc) is 2.94. The van der Waals surface area contributed by atoms with Gasteiger partial charge in [0.1, 0.15) is 0 Å². The van der Waals surface area contributed by atoms with Crippen molar-refractivity contribution >= 4 is 11.5 Å². The van der Waals surface area contributed by atoms with Crippen LogP contribution in [0, 0.1) is 0 Å². The predicted octanol–water partition coefficient (Wildman–Crippen LogP) is 1.69. The van der Waals surface area contributed by atoms with Gasteiger partial charge < -0.3 is 9.80 Å². The van der Waals surface area contributed by atoms with Crippen molar-refractivity contribution in [3.63, 3.8) is 0 Å². The maximum absolute atomic E-state index is 4.39. The van der Waals surface area contributed by atoms with Gasteiger partial charge in [-0.2, -0.15) is 5.10 Å². The standard InChI is InChI=1S/C16H19N5/c1-20(13-5-7-17-8-6-13)14-10-21(11-14)16-9-12-3-2-4-15(12)18-19-16/h5-9,14H,2-4,10-11H2,1H3. The van der Waals surface area contributed by atoms with Crippen LogP contribution < -0.4 is 9.80 Å². The Kier molecular flexibility index (Phi) is 2.98. The molecule has 0 amide bonds. The first-order valence-electron chi connectivity index (χ1n) is 7.54. The third-order valence-electron chi connectivity index (χ3n) is 4.61. The van der Waals surface area contributed by atoms with Crippen LogP contribution in [0.25, 0.3) is 0 Å². The van der Waals surface area contributed by atoms with Crippen molar-refractivity contribution in [1.82, 2.24) is 15.2 Å². The molecule has 3 heterocycles. The Morgan fingerprint density at radius 2 is 1.95 bits per heavy atom. The highest BCUT2D eigenvalue weighted by Crippen LogP contribution is 2.27. The minimum Gasteiger partial charge on any atom is -0.368 e. The lowest BCUT2D eigenvalue weighted by molar-refractivity contribution is 0.490. The van der Waals surface area contributed by atoms with Crippen LogP contribution in [0.4, 0.5) is 11.5 Å². The molecular weight excluding hydrogens is 262 g/mol. The van der Waals surface area contributed by atoms with Crippen molar-refractivity contribution in [3.8, 4) is 0 Å². The fourth-order valence-corrected chi connectivity index (χ4v) is 3.15. The SMILES string of the molecule is CN(c1ccncc1)C1CN(c2cc3c(nn2)CCC3)C1. The van der Waals surface area contributed by atoms with E-state index in [1.54, 1.807) is 0 Å². The van der Waals surface area contributed by atoms with Crippen LogP contribution in [0.5, 0.6) is 0 Å². The maximum Gasteiger partial charge on any atom is 0.151 e. The second-order valence-electron chi connectivity index (χ2n) is 5.90. The Balaban J connectivity index is 1.43. The second kappa shape index (κ2) is 4.98. The highest BCUT2D eigenvalue weighted by atomic mass is 15.4. The minimum atomic E-state index is 0.530. The summed E-state index contributed by atoms with van der Waals surface area (Å²) in [4.78, 5) is 8.70. The van der Waals surface area contributed by atoms with Gasteiger partial charge in [0.15, 0.2) is 5.82 Å². The summed E-state index contributed by atoms with van der Waals surface area (Å²) in [5.41, 5.74) is 3.81. The Morgan fingerprint density at radius 3 is 2.76 bits per heavy atom. The highest BCUT2D eigenvalue weighted by molar-refractivity contribution is 5.51. The normalized spacial score (nSPS) is 17.5. The van der Waals surface area contributed by atoms with Crippen LogP contribution in [0.3, 0.4) is 0 Å². The van der Waals surface area contributed by atoms with Crippen molar-refractivity contribution in [3.05, 3.63) is 41.9 Å². The van der Waals surface area contributed by atoms with Crippen LogP contribution >= 0.6 is 0 Å². The van der Waals surface area contributed by atoms with Gasteiger partial charge in [-0.3, -0.25) is 4.98 Å². The monoisotopic (exact) mass is 281 g/mol. The Labute approximate surface area is 124 Å². The van der Waals surface area contributed by atoms with Gasteiger partial charge in [0.05, 0.1) is 11.7 Å². The highest BCUT2D eigenvalue weighted by Gasteiger charge is 2.32. The zero-order chi connectivity index (χ0) is 14.2. The van der Waals surface area contributed by atoms with Crippen LogP contribution in [0.2, 0.25) is 0 Å². The molecule has 1 fully saturated rings. The Hall–Kier alpha value is -2.17. The summed E-state index contributed by atoms with van der Waals surface area (Å²) >= 11 is 0.